The Labute approximate surface area is 149 Å². The van der Waals surface area contributed by atoms with Crippen LogP contribution in [0, 0.1) is 0 Å². The van der Waals surface area contributed by atoms with Crippen LogP contribution in [0.2, 0.25) is 0 Å². The standard InChI is InChI=1S/C19H23NO4S/c1-2-3-5-8-16-14-23-19-13-15(11-12-18(19)24-16)20-25(21,22)17-9-6-4-7-10-17/h4,6-7,9-13,16,20H,2-3,5,8,14H2,1H3. The van der Waals surface area contributed by atoms with Crippen molar-refractivity contribution < 1.29 is 17.9 Å². The Hall–Kier alpha value is -2.21. The quantitative estimate of drug-likeness (QED) is 0.751. The second-order valence-corrected chi connectivity index (χ2v) is 7.81. The van der Waals surface area contributed by atoms with Gasteiger partial charge in [0.25, 0.3) is 10.0 Å². The van der Waals surface area contributed by atoms with E-state index in [4.69, 9.17) is 9.47 Å². The van der Waals surface area contributed by atoms with E-state index >= 15 is 0 Å². The fraction of sp³-hybridized carbons (Fsp3) is 0.368. The van der Waals surface area contributed by atoms with Crippen LogP contribution in [0.4, 0.5) is 5.69 Å². The van der Waals surface area contributed by atoms with Gasteiger partial charge in [-0.3, -0.25) is 4.72 Å². The predicted molar refractivity (Wildman–Crippen MR) is 97.7 cm³/mol. The first-order valence-corrected chi connectivity index (χ1v) is 10.1. The monoisotopic (exact) mass is 361 g/mol. The van der Waals surface area contributed by atoms with E-state index in [9.17, 15) is 8.42 Å². The largest absolute Gasteiger partial charge is 0.486 e. The Bertz CT molecular complexity index is 805. The van der Waals surface area contributed by atoms with Crippen molar-refractivity contribution in [1.29, 1.82) is 0 Å². The average Bonchev–Trinajstić information content (AvgIpc) is 2.62. The first-order valence-electron chi connectivity index (χ1n) is 8.60. The molecular formula is C19H23NO4S. The van der Waals surface area contributed by atoms with Crippen molar-refractivity contribution in [2.24, 2.45) is 0 Å². The molecule has 3 rings (SSSR count). The third-order valence-electron chi connectivity index (χ3n) is 4.10. The average molecular weight is 361 g/mol. The second kappa shape index (κ2) is 7.78. The summed E-state index contributed by atoms with van der Waals surface area (Å²) < 4.78 is 39.1. The molecule has 1 aliphatic rings. The lowest BCUT2D eigenvalue weighted by atomic mass is 10.1. The van der Waals surface area contributed by atoms with Crippen LogP contribution in [0.1, 0.15) is 32.6 Å². The minimum absolute atomic E-state index is 0.0610. The summed E-state index contributed by atoms with van der Waals surface area (Å²) >= 11 is 0. The van der Waals surface area contributed by atoms with E-state index in [1.165, 1.54) is 12.8 Å². The Kier molecular flexibility index (Phi) is 5.48. The molecule has 0 aromatic heterocycles. The van der Waals surface area contributed by atoms with E-state index in [2.05, 4.69) is 11.6 Å². The Balaban J connectivity index is 1.69. The molecule has 0 saturated carbocycles. The summed E-state index contributed by atoms with van der Waals surface area (Å²) in [6.07, 6.45) is 4.51. The zero-order valence-corrected chi connectivity index (χ0v) is 15.1. The van der Waals surface area contributed by atoms with Crippen molar-refractivity contribution in [1.82, 2.24) is 0 Å². The van der Waals surface area contributed by atoms with Gasteiger partial charge in [-0.15, -0.1) is 0 Å². The highest BCUT2D eigenvalue weighted by molar-refractivity contribution is 7.92. The van der Waals surface area contributed by atoms with Crippen LogP contribution >= 0.6 is 0 Å². The highest BCUT2D eigenvalue weighted by Gasteiger charge is 2.22. The van der Waals surface area contributed by atoms with Gasteiger partial charge in [0.15, 0.2) is 11.5 Å². The van der Waals surface area contributed by atoms with E-state index in [1.54, 1.807) is 48.5 Å². The molecule has 0 amide bonds. The van der Waals surface area contributed by atoms with Crippen molar-refractivity contribution in [2.45, 2.75) is 43.6 Å². The molecular weight excluding hydrogens is 338 g/mol. The van der Waals surface area contributed by atoms with Gasteiger partial charge >= 0.3 is 0 Å². The van der Waals surface area contributed by atoms with Crippen LogP contribution in [-0.4, -0.2) is 21.1 Å². The Morgan fingerprint density at radius 3 is 2.64 bits per heavy atom. The molecule has 2 aromatic rings. The summed E-state index contributed by atoms with van der Waals surface area (Å²) in [6.45, 7) is 2.66. The zero-order valence-electron chi connectivity index (χ0n) is 14.3. The summed E-state index contributed by atoms with van der Waals surface area (Å²) in [4.78, 5) is 0.223. The molecule has 0 radical (unpaired) electrons. The van der Waals surface area contributed by atoms with Gasteiger partial charge in [0.05, 0.1) is 10.6 Å². The molecule has 5 nitrogen and oxygen atoms in total. The number of benzene rings is 2. The molecule has 1 aliphatic heterocycles. The smallest absolute Gasteiger partial charge is 0.261 e. The summed E-state index contributed by atoms with van der Waals surface area (Å²) in [7, 11) is -3.61. The first-order chi connectivity index (χ1) is 12.1. The Morgan fingerprint density at radius 2 is 1.88 bits per heavy atom. The minimum Gasteiger partial charge on any atom is -0.486 e. The maximum atomic E-state index is 12.4. The predicted octanol–water partition coefficient (Wildman–Crippen LogP) is 4.21. The van der Waals surface area contributed by atoms with Crippen LogP contribution in [-0.2, 0) is 10.0 Å². The SMILES string of the molecule is CCCCCC1COc2cc(NS(=O)(=O)c3ccccc3)ccc2O1. The van der Waals surface area contributed by atoms with Gasteiger partial charge in [-0.05, 0) is 37.1 Å². The first kappa shape index (κ1) is 17.6. The number of hydrogen-bond acceptors (Lipinski definition) is 4. The Morgan fingerprint density at radius 1 is 1.08 bits per heavy atom. The van der Waals surface area contributed by atoms with Crippen LogP contribution in [0.15, 0.2) is 53.4 Å². The third kappa shape index (κ3) is 4.45. The lowest BCUT2D eigenvalue weighted by Gasteiger charge is -2.27. The van der Waals surface area contributed by atoms with Gasteiger partial charge in [0.1, 0.15) is 12.7 Å². The highest BCUT2D eigenvalue weighted by Crippen LogP contribution is 2.35. The van der Waals surface area contributed by atoms with Crippen LogP contribution < -0.4 is 14.2 Å². The highest BCUT2D eigenvalue weighted by atomic mass is 32.2. The van der Waals surface area contributed by atoms with Gasteiger partial charge in [0.2, 0.25) is 0 Å². The molecule has 0 saturated heterocycles. The van der Waals surface area contributed by atoms with Gasteiger partial charge in [-0.25, -0.2) is 8.42 Å². The number of sulfonamides is 1. The fourth-order valence-corrected chi connectivity index (χ4v) is 3.83. The topological polar surface area (TPSA) is 64.6 Å². The summed E-state index contributed by atoms with van der Waals surface area (Å²) in [5, 5.41) is 0. The van der Waals surface area contributed by atoms with E-state index in [0.29, 0.717) is 23.8 Å². The number of rotatable bonds is 7. The van der Waals surface area contributed by atoms with E-state index in [-0.39, 0.29) is 11.0 Å². The fourth-order valence-electron chi connectivity index (χ4n) is 2.76. The number of ether oxygens (including phenoxy) is 2. The van der Waals surface area contributed by atoms with Crippen molar-refractivity contribution in [2.75, 3.05) is 11.3 Å². The van der Waals surface area contributed by atoms with Crippen molar-refractivity contribution in [3.63, 3.8) is 0 Å². The molecule has 1 unspecified atom stereocenters. The third-order valence-corrected chi connectivity index (χ3v) is 5.49. The maximum absolute atomic E-state index is 12.4. The van der Waals surface area contributed by atoms with Crippen molar-refractivity contribution >= 4 is 15.7 Å². The number of fused-ring (bicyclic) bond motifs is 1. The minimum atomic E-state index is -3.61. The summed E-state index contributed by atoms with van der Waals surface area (Å²) in [5.74, 6) is 1.23. The molecule has 1 atom stereocenters. The summed E-state index contributed by atoms with van der Waals surface area (Å²) in [5.41, 5.74) is 0.454. The van der Waals surface area contributed by atoms with Crippen molar-refractivity contribution in [3.05, 3.63) is 48.5 Å². The van der Waals surface area contributed by atoms with Gasteiger partial charge in [-0.1, -0.05) is 38.0 Å². The maximum Gasteiger partial charge on any atom is 0.261 e. The normalized spacial score (nSPS) is 16.4. The molecule has 25 heavy (non-hydrogen) atoms. The molecule has 0 fully saturated rings. The molecule has 134 valence electrons. The van der Waals surface area contributed by atoms with E-state index in [1.807, 2.05) is 0 Å². The molecule has 0 aliphatic carbocycles. The zero-order chi connectivity index (χ0) is 17.7. The number of hydrogen-bond donors (Lipinski definition) is 1. The van der Waals surface area contributed by atoms with Crippen molar-refractivity contribution in [3.8, 4) is 11.5 Å². The van der Waals surface area contributed by atoms with E-state index < -0.39 is 10.0 Å². The molecule has 0 bridgehead atoms. The molecule has 1 N–H and O–H groups in total. The molecule has 2 aromatic carbocycles. The number of anilines is 1. The molecule has 6 heteroatoms. The van der Waals surface area contributed by atoms with Gasteiger partial charge in [-0.2, -0.15) is 0 Å². The van der Waals surface area contributed by atoms with Gasteiger partial charge < -0.3 is 9.47 Å². The molecule has 0 spiro atoms. The lowest BCUT2D eigenvalue weighted by Crippen LogP contribution is -2.29. The van der Waals surface area contributed by atoms with Crippen LogP contribution in [0.25, 0.3) is 0 Å². The number of unbranched alkanes of at least 4 members (excludes halogenated alkanes) is 2. The summed E-state index contributed by atoms with van der Waals surface area (Å²) in [6, 6.07) is 13.4. The van der Waals surface area contributed by atoms with E-state index in [0.717, 1.165) is 12.8 Å². The van der Waals surface area contributed by atoms with Crippen LogP contribution in [0.3, 0.4) is 0 Å². The lowest BCUT2D eigenvalue weighted by molar-refractivity contribution is 0.0830. The van der Waals surface area contributed by atoms with Crippen LogP contribution in [0.5, 0.6) is 11.5 Å². The molecule has 1 heterocycles. The second-order valence-electron chi connectivity index (χ2n) is 6.13. The van der Waals surface area contributed by atoms with Gasteiger partial charge in [0, 0.05) is 6.07 Å². The number of nitrogens with one attached hydrogen (secondary N) is 1.